The first-order valence-corrected chi connectivity index (χ1v) is 9.80. The SMILES string of the molecule is Cc1cccc(CNCCn2c(C)cnc(NCCc3cccc[n+]3O)c2=O)c1. The summed E-state index contributed by atoms with van der Waals surface area (Å²) in [4.78, 5) is 17.0. The second kappa shape index (κ2) is 9.84. The van der Waals surface area contributed by atoms with Crippen LogP contribution in [-0.4, -0.2) is 27.8 Å². The molecule has 0 fully saturated rings. The number of anilines is 1. The first-order chi connectivity index (χ1) is 14.0. The predicted molar refractivity (Wildman–Crippen MR) is 112 cm³/mol. The van der Waals surface area contributed by atoms with Crippen LogP contribution in [0.2, 0.25) is 0 Å². The zero-order chi connectivity index (χ0) is 20.6. The molecule has 0 saturated heterocycles. The number of hydrogen-bond acceptors (Lipinski definition) is 5. The number of nitrogens with one attached hydrogen (secondary N) is 2. The fourth-order valence-corrected chi connectivity index (χ4v) is 3.19. The quantitative estimate of drug-likeness (QED) is 0.293. The first-order valence-electron chi connectivity index (χ1n) is 9.80. The molecule has 0 bridgehead atoms. The van der Waals surface area contributed by atoms with E-state index in [0.29, 0.717) is 31.9 Å². The second-order valence-electron chi connectivity index (χ2n) is 7.08. The third kappa shape index (κ3) is 5.65. The molecule has 0 aliphatic heterocycles. The molecule has 1 aromatic carbocycles. The molecule has 0 aliphatic rings. The van der Waals surface area contributed by atoms with Crippen molar-refractivity contribution in [3.05, 3.63) is 87.7 Å². The highest BCUT2D eigenvalue weighted by Crippen LogP contribution is 2.03. The summed E-state index contributed by atoms with van der Waals surface area (Å²) in [5.41, 5.74) is 3.92. The van der Waals surface area contributed by atoms with Crippen LogP contribution in [0.15, 0.2) is 59.7 Å². The Labute approximate surface area is 170 Å². The van der Waals surface area contributed by atoms with Gasteiger partial charge in [0.25, 0.3) is 5.56 Å². The standard InChI is InChI=1S/C22H28N5O2/c1-17-6-5-7-19(14-17)16-23-11-13-26-18(2)15-25-21(22(26)28)24-10-9-20-8-3-4-12-27(20)29/h3-8,12,14-15,23,29H,9-11,13,16H2,1-2H3,(H,24,25)/q+1. The average molecular weight is 394 g/mol. The molecule has 0 radical (unpaired) electrons. The summed E-state index contributed by atoms with van der Waals surface area (Å²) in [7, 11) is 0. The van der Waals surface area contributed by atoms with Gasteiger partial charge in [-0.1, -0.05) is 29.8 Å². The lowest BCUT2D eigenvalue weighted by atomic mass is 10.1. The van der Waals surface area contributed by atoms with Crippen molar-refractivity contribution in [3.63, 3.8) is 0 Å². The van der Waals surface area contributed by atoms with Crippen LogP contribution in [0.5, 0.6) is 0 Å². The fourth-order valence-electron chi connectivity index (χ4n) is 3.19. The molecule has 0 aliphatic carbocycles. The lowest BCUT2D eigenvalue weighted by Gasteiger charge is -2.13. The van der Waals surface area contributed by atoms with Gasteiger partial charge in [0.05, 0.1) is 6.42 Å². The monoisotopic (exact) mass is 394 g/mol. The normalized spacial score (nSPS) is 10.8. The van der Waals surface area contributed by atoms with Crippen LogP contribution in [0.4, 0.5) is 5.82 Å². The molecule has 7 nitrogen and oxygen atoms in total. The van der Waals surface area contributed by atoms with Gasteiger partial charge in [-0.25, -0.2) is 4.98 Å². The lowest BCUT2D eigenvalue weighted by Crippen LogP contribution is -2.36. The fraction of sp³-hybridized carbons (Fsp3) is 0.318. The minimum atomic E-state index is -0.132. The number of benzene rings is 1. The van der Waals surface area contributed by atoms with E-state index in [1.54, 1.807) is 23.0 Å². The number of rotatable bonds is 9. The van der Waals surface area contributed by atoms with Gasteiger partial charge in [0.1, 0.15) is 0 Å². The molecule has 3 aromatic rings. The van der Waals surface area contributed by atoms with Gasteiger partial charge in [-0.15, -0.1) is 0 Å². The van der Waals surface area contributed by atoms with Crippen LogP contribution in [0, 0.1) is 13.8 Å². The molecule has 152 valence electrons. The van der Waals surface area contributed by atoms with E-state index in [-0.39, 0.29) is 5.56 Å². The van der Waals surface area contributed by atoms with E-state index in [2.05, 4.69) is 46.8 Å². The number of aryl methyl sites for hydroxylation is 2. The van der Waals surface area contributed by atoms with E-state index in [4.69, 9.17) is 0 Å². The third-order valence-corrected chi connectivity index (χ3v) is 4.77. The molecule has 2 aromatic heterocycles. The highest BCUT2D eigenvalue weighted by atomic mass is 16.5. The molecule has 2 heterocycles. The summed E-state index contributed by atoms with van der Waals surface area (Å²) < 4.78 is 2.82. The van der Waals surface area contributed by atoms with Crippen LogP contribution in [-0.2, 0) is 19.5 Å². The molecule has 7 heteroatoms. The van der Waals surface area contributed by atoms with Gasteiger partial charge in [0, 0.05) is 54.9 Å². The summed E-state index contributed by atoms with van der Waals surface area (Å²) in [6.07, 6.45) is 3.86. The predicted octanol–water partition coefficient (Wildman–Crippen LogP) is 1.83. The third-order valence-electron chi connectivity index (χ3n) is 4.77. The van der Waals surface area contributed by atoms with Gasteiger partial charge in [-0.2, -0.15) is 0 Å². The van der Waals surface area contributed by atoms with E-state index in [1.807, 2.05) is 19.1 Å². The Morgan fingerprint density at radius 2 is 2.00 bits per heavy atom. The number of hydrogen-bond donors (Lipinski definition) is 3. The lowest BCUT2D eigenvalue weighted by molar-refractivity contribution is -0.909. The highest BCUT2D eigenvalue weighted by Gasteiger charge is 2.10. The summed E-state index contributed by atoms with van der Waals surface area (Å²) in [6.45, 7) is 6.49. The second-order valence-corrected chi connectivity index (χ2v) is 7.08. The van der Waals surface area contributed by atoms with Crippen molar-refractivity contribution < 1.29 is 9.94 Å². The molecule has 29 heavy (non-hydrogen) atoms. The largest absolute Gasteiger partial charge is 0.365 e. The van der Waals surface area contributed by atoms with Gasteiger partial charge in [-0.05, 0) is 25.5 Å². The van der Waals surface area contributed by atoms with E-state index in [1.165, 1.54) is 11.1 Å². The number of pyridine rings is 1. The van der Waals surface area contributed by atoms with Gasteiger partial charge < -0.3 is 15.2 Å². The summed E-state index contributed by atoms with van der Waals surface area (Å²) in [6, 6.07) is 13.8. The molecule has 0 spiro atoms. The summed E-state index contributed by atoms with van der Waals surface area (Å²) >= 11 is 0. The minimum absolute atomic E-state index is 0.132. The van der Waals surface area contributed by atoms with E-state index in [9.17, 15) is 10.0 Å². The van der Waals surface area contributed by atoms with E-state index in [0.717, 1.165) is 22.7 Å². The first kappa shape index (κ1) is 20.5. The molecule has 0 saturated carbocycles. The van der Waals surface area contributed by atoms with Crippen molar-refractivity contribution in [1.82, 2.24) is 14.9 Å². The van der Waals surface area contributed by atoms with Gasteiger partial charge >= 0.3 is 0 Å². The Morgan fingerprint density at radius 3 is 2.79 bits per heavy atom. The van der Waals surface area contributed by atoms with Crippen molar-refractivity contribution in [1.29, 1.82) is 0 Å². The summed E-state index contributed by atoms with van der Waals surface area (Å²) in [5, 5.41) is 16.2. The van der Waals surface area contributed by atoms with Crippen molar-refractivity contribution in [3.8, 4) is 0 Å². The summed E-state index contributed by atoms with van der Waals surface area (Å²) in [5.74, 6) is 0.328. The molecular weight excluding hydrogens is 366 g/mol. The van der Waals surface area contributed by atoms with E-state index < -0.39 is 0 Å². The Morgan fingerprint density at radius 1 is 1.14 bits per heavy atom. The van der Waals surface area contributed by atoms with Gasteiger partial charge in [-0.3, -0.25) is 10.0 Å². The maximum absolute atomic E-state index is 12.8. The van der Waals surface area contributed by atoms with Gasteiger partial charge in [0.15, 0.2) is 5.82 Å². The molecule has 3 rings (SSSR count). The van der Waals surface area contributed by atoms with Crippen LogP contribution in [0.25, 0.3) is 0 Å². The molecular formula is C22H28N5O2+. The number of aromatic nitrogens is 3. The topological polar surface area (TPSA) is 83.1 Å². The molecule has 0 unspecified atom stereocenters. The van der Waals surface area contributed by atoms with Crippen molar-refractivity contribution in [2.24, 2.45) is 0 Å². The van der Waals surface area contributed by atoms with Crippen LogP contribution < -0.4 is 20.9 Å². The van der Waals surface area contributed by atoms with E-state index >= 15 is 0 Å². The zero-order valence-electron chi connectivity index (χ0n) is 16.9. The minimum Gasteiger partial charge on any atom is -0.365 e. The van der Waals surface area contributed by atoms with Crippen molar-refractivity contribution in [2.75, 3.05) is 18.4 Å². The molecule has 3 N–H and O–H groups in total. The Hall–Kier alpha value is -3.19. The Balaban J connectivity index is 1.55. The average Bonchev–Trinajstić information content (AvgIpc) is 2.70. The number of nitrogens with zero attached hydrogens (tertiary/aromatic N) is 3. The van der Waals surface area contributed by atoms with Gasteiger partial charge in [0.2, 0.25) is 11.9 Å². The van der Waals surface area contributed by atoms with Crippen molar-refractivity contribution >= 4 is 5.82 Å². The van der Waals surface area contributed by atoms with Crippen LogP contribution in [0.1, 0.15) is 22.5 Å². The Bertz CT molecular complexity index is 1020. The Kier molecular flexibility index (Phi) is 6.97. The molecule has 0 atom stereocenters. The van der Waals surface area contributed by atoms with Crippen molar-refractivity contribution in [2.45, 2.75) is 33.4 Å². The maximum Gasteiger partial charge on any atom is 0.293 e. The van der Waals surface area contributed by atoms with Crippen LogP contribution >= 0.6 is 0 Å². The molecule has 0 amide bonds. The maximum atomic E-state index is 12.8. The highest BCUT2D eigenvalue weighted by molar-refractivity contribution is 5.32. The smallest absolute Gasteiger partial charge is 0.293 e. The zero-order valence-corrected chi connectivity index (χ0v) is 16.9. The van der Waals surface area contributed by atoms with Crippen LogP contribution in [0.3, 0.4) is 0 Å².